The van der Waals surface area contributed by atoms with Gasteiger partial charge >= 0.3 is 5.97 Å². The first-order chi connectivity index (χ1) is 19.7. The fraction of sp³-hybridized carbons (Fsp3) is 0.250. The number of hydrogen-bond acceptors (Lipinski definition) is 8. The van der Waals surface area contributed by atoms with Crippen molar-refractivity contribution in [2.75, 3.05) is 32.1 Å². The Hall–Kier alpha value is -4.19. The number of benzene rings is 3. The van der Waals surface area contributed by atoms with Gasteiger partial charge in [0.25, 0.3) is 5.69 Å². The number of carbonyl (C=O) groups excluding carboxylic acids is 3. The van der Waals surface area contributed by atoms with E-state index in [9.17, 15) is 24.5 Å². The molecule has 0 saturated carbocycles. The summed E-state index contributed by atoms with van der Waals surface area (Å²) in [6, 6.07) is 16.6. The highest BCUT2D eigenvalue weighted by atomic mass is 35.5. The van der Waals surface area contributed by atoms with Gasteiger partial charge in [0.05, 0.1) is 40.9 Å². The van der Waals surface area contributed by atoms with Crippen LogP contribution in [0, 0.1) is 16.0 Å². The zero-order valence-electron chi connectivity index (χ0n) is 21.8. The van der Waals surface area contributed by atoms with Gasteiger partial charge in [0, 0.05) is 36.7 Å². The molecule has 1 unspecified atom stereocenters. The summed E-state index contributed by atoms with van der Waals surface area (Å²) in [6.45, 7) is -0.167. The smallest absolute Gasteiger partial charge is 0.320 e. The first-order valence-corrected chi connectivity index (χ1v) is 13.3. The van der Waals surface area contributed by atoms with Crippen molar-refractivity contribution < 1.29 is 28.8 Å². The van der Waals surface area contributed by atoms with Gasteiger partial charge in [-0.15, -0.1) is 0 Å². The molecule has 0 aromatic heterocycles. The monoisotopic (exact) mass is 600 g/mol. The molecule has 0 saturated heterocycles. The number of nitrogens with one attached hydrogen (secondary N) is 3. The van der Waals surface area contributed by atoms with Crippen LogP contribution in [0.4, 0.5) is 11.4 Å². The van der Waals surface area contributed by atoms with Gasteiger partial charge in [0.1, 0.15) is 5.75 Å². The predicted octanol–water partition coefficient (Wildman–Crippen LogP) is 4.53. The lowest BCUT2D eigenvalue weighted by atomic mass is 10.00. The van der Waals surface area contributed by atoms with Crippen LogP contribution in [0.2, 0.25) is 10.0 Å². The number of anilines is 1. The molecule has 4 rings (SSSR count). The van der Waals surface area contributed by atoms with Crippen LogP contribution in [-0.2, 0) is 19.1 Å². The lowest BCUT2D eigenvalue weighted by Crippen LogP contribution is -2.43. The Kier molecular flexibility index (Phi) is 9.77. The third-order valence-corrected chi connectivity index (χ3v) is 7.05. The van der Waals surface area contributed by atoms with Crippen LogP contribution in [0.1, 0.15) is 18.0 Å². The summed E-state index contributed by atoms with van der Waals surface area (Å²) in [7, 11) is 1.13. The highest BCUT2D eigenvalue weighted by Crippen LogP contribution is 2.36. The molecule has 1 aliphatic rings. The molecule has 3 N–H and O–H groups in total. The van der Waals surface area contributed by atoms with Gasteiger partial charge in [-0.1, -0.05) is 53.5 Å². The summed E-state index contributed by atoms with van der Waals surface area (Å²) in [6.07, 6.45) is 0.485. The van der Waals surface area contributed by atoms with Gasteiger partial charge in [-0.2, -0.15) is 0 Å². The second-order valence-corrected chi connectivity index (χ2v) is 9.91. The molecule has 0 bridgehead atoms. The molecule has 0 fully saturated rings. The Bertz CT molecular complexity index is 1450. The molecule has 214 valence electrons. The van der Waals surface area contributed by atoms with E-state index in [0.29, 0.717) is 24.3 Å². The zero-order chi connectivity index (χ0) is 29.5. The Balaban J connectivity index is 1.38. The number of hydrogen-bond donors (Lipinski definition) is 3. The van der Waals surface area contributed by atoms with E-state index in [1.165, 1.54) is 18.2 Å². The highest BCUT2D eigenvalue weighted by molar-refractivity contribution is 6.40. The van der Waals surface area contributed by atoms with E-state index in [1.807, 2.05) is 30.3 Å². The summed E-state index contributed by atoms with van der Waals surface area (Å²) in [4.78, 5) is 48.7. The average Bonchev–Trinajstić information content (AvgIpc) is 2.97. The first kappa shape index (κ1) is 29.8. The van der Waals surface area contributed by atoms with E-state index < -0.39 is 28.6 Å². The quantitative estimate of drug-likeness (QED) is 0.133. The molecule has 0 spiro atoms. The largest absolute Gasteiger partial charge is 0.493 e. The fourth-order valence-electron chi connectivity index (χ4n) is 4.33. The van der Waals surface area contributed by atoms with Crippen LogP contribution in [0.15, 0.2) is 60.7 Å². The lowest BCUT2D eigenvalue weighted by molar-refractivity contribution is -0.385. The molecule has 2 atom stereocenters. The minimum Gasteiger partial charge on any atom is -0.493 e. The van der Waals surface area contributed by atoms with Crippen molar-refractivity contribution >= 4 is 52.4 Å². The number of amides is 2. The fourth-order valence-corrected chi connectivity index (χ4v) is 4.91. The number of methoxy groups -OCH3 is 1. The molecule has 41 heavy (non-hydrogen) atoms. The van der Waals surface area contributed by atoms with Crippen LogP contribution in [0.25, 0.3) is 11.1 Å². The first-order valence-electron chi connectivity index (χ1n) is 12.5. The number of nitro groups is 1. The Morgan fingerprint density at radius 1 is 1.07 bits per heavy atom. The number of carbonyl (C=O) groups is 3. The molecular weight excluding hydrogens is 575 g/mol. The number of ether oxygens (including phenoxy) is 2. The predicted molar refractivity (Wildman–Crippen MR) is 153 cm³/mol. The number of rotatable bonds is 10. The van der Waals surface area contributed by atoms with E-state index in [4.69, 9.17) is 32.7 Å². The molecule has 3 aromatic rings. The third-order valence-electron chi connectivity index (χ3n) is 6.46. The molecule has 1 aliphatic heterocycles. The molecule has 13 heteroatoms. The van der Waals surface area contributed by atoms with Crippen LogP contribution in [-0.4, -0.2) is 49.5 Å². The van der Waals surface area contributed by atoms with Gasteiger partial charge in [-0.05, 0) is 29.3 Å². The van der Waals surface area contributed by atoms with E-state index in [0.717, 1.165) is 18.2 Å². The van der Waals surface area contributed by atoms with Crippen molar-refractivity contribution in [3.8, 4) is 16.9 Å². The van der Waals surface area contributed by atoms with Crippen molar-refractivity contribution in [1.82, 2.24) is 10.6 Å². The Morgan fingerprint density at radius 2 is 1.78 bits per heavy atom. The van der Waals surface area contributed by atoms with E-state index >= 15 is 0 Å². The highest BCUT2D eigenvalue weighted by Gasteiger charge is 2.30. The second kappa shape index (κ2) is 13.4. The number of non-ortho nitro benzene ring substituents is 1. The van der Waals surface area contributed by atoms with Gasteiger partial charge in [-0.25, -0.2) is 0 Å². The molecule has 0 aliphatic carbocycles. The van der Waals surface area contributed by atoms with E-state index in [-0.39, 0.29) is 40.6 Å². The average molecular weight is 601 g/mol. The standard InChI is InChI=1S/C28H26Cl2N4O7/c1-40-28(37)20(27(36)33-26-21(29)11-17(12-22(26)30)16-5-3-2-4-6-16)14-32-25(35)15-31-23-9-10-41-24-8-7-18(34(38)39)13-19(23)24/h2-8,11-13,20,23,31H,9-10,14-15H2,1H3,(H,32,35)(H,33,36)/t20-,23?/m0/s1. The van der Waals surface area contributed by atoms with Crippen molar-refractivity contribution in [2.24, 2.45) is 5.92 Å². The minimum atomic E-state index is -1.39. The SMILES string of the molecule is COC(=O)[C@@H](CNC(=O)CNC1CCOc2ccc([N+](=O)[O-])cc21)C(=O)Nc1c(Cl)cc(-c2ccccc2)cc1Cl. The normalized spacial score (nSPS) is 14.7. The summed E-state index contributed by atoms with van der Waals surface area (Å²) >= 11 is 12.8. The van der Waals surface area contributed by atoms with Crippen molar-refractivity contribution in [3.63, 3.8) is 0 Å². The molecule has 0 radical (unpaired) electrons. The molecule has 3 aromatic carbocycles. The minimum absolute atomic E-state index is 0.0904. The van der Waals surface area contributed by atoms with Gasteiger partial charge in [0.2, 0.25) is 11.8 Å². The van der Waals surface area contributed by atoms with Crippen molar-refractivity contribution in [1.29, 1.82) is 0 Å². The zero-order valence-corrected chi connectivity index (χ0v) is 23.3. The Morgan fingerprint density at radius 3 is 2.44 bits per heavy atom. The topological polar surface area (TPSA) is 149 Å². The third kappa shape index (κ3) is 7.31. The summed E-state index contributed by atoms with van der Waals surface area (Å²) in [5, 5.41) is 19.7. The number of nitro benzene ring substituents is 1. The van der Waals surface area contributed by atoms with E-state index in [1.54, 1.807) is 12.1 Å². The molecule has 1 heterocycles. The van der Waals surface area contributed by atoms with Crippen molar-refractivity contribution in [3.05, 3.63) is 86.4 Å². The summed E-state index contributed by atoms with van der Waals surface area (Å²) in [5.41, 5.74) is 2.21. The maximum absolute atomic E-state index is 13.0. The molecular formula is C28H26Cl2N4O7. The maximum atomic E-state index is 13.0. The summed E-state index contributed by atoms with van der Waals surface area (Å²) < 4.78 is 10.3. The number of nitrogens with zero attached hydrogens (tertiary/aromatic N) is 1. The van der Waals surface area contributed by atoms with Gasteiger partial charge in [-0.3, -0.25) is 24.5 Å². The van der Waals surface area contributed by atoms with E-state index in [2.05, 4.69) is 16.0 Å². The maximum Gasteiger partial charge on any atom is 0.320 e. The number of halogens is 2. The van der Waals surface area contributed by atoms with Gasteiger partial charge in [0.15, 0.2) is 5.92 Å². The molecule has 11 nitrogen and oxygen atoms in total. The van der Waals surface area contributed by atoms with Crippen LogP contribution in [0.3, 0.4) is 0 Å². The molecule has 2 amide bonds. The van der Waals surface area contributed by atoms with Crippen molar-refractivity contribution in [2.45, 2.75) is 12.5 Å². The lowest BCUT2D eigenvalue weighted by Gasteiger charge is -2.26. The number of fused-ring (bicyclic) bond motifs is 1. The van der Waals surface area contributed by atoms with Crippen LogP contribution in [0.5, 0.6) is 5.75 Å². The van der Waals surface area contributed by atoms with Gasteiger partial charge < -0.3 is 25.4 Å². The van der Waals surface area contributed by atoms with Crippen LogP contribution < -0.4 is 20.7 Å². The van der Waals surface area contributed by atoms with Crippen LogP contribution >= 0.6 is 23.2 Å². The second-order valence-electron chi connectivity index (χ2n) is 9.10. The Labute approximate surface area is 245 Å². The number of esters is 1. The summed E-state index contributed by atoms with van der Waals surface area (Å²) in [5.74, 6) is -3.04.